The standard InChI is InChI=1S/C19H18FN3O2S/c1-14-2-9-18(10-3-14)26(24,25)23-19-11-8-17(13-22-19)21-12-15-4-6-16(20)7-5-15/h2-11,13,21H,12H2,1H3,(H,22,23). The molecule has 26 heavy (non-hydrogen) atoms. The van der Waals surface area contributed by atoms with E-state index in [1.54, 1.807) is 48.5 Å². The third kappa shape index (κ3) is 4.58. The second-order valence-electron chi connectivity index (χ2n) is 5.83. The summed E-state index contributed by atoms with van der Waals surface area (Å²) in [5, 5.41) is 3.15. The van der Waals surface area contributed by atoms with Crippen molar-refractivity contribution in [1.82, 2.24) is 4.98 Å². The molecule has 5 nitrogen and oxygen atoms in total. The summed E-state index contributed by atoms with van der Waals surface area (Å²) in [6.45, 7) is 2.40. The molecule has 3 aromatic rings. The summed E-state index contributed by atoms with van der Waals surface area (Å²) in [5.74, 6) is -0.0430. The van der Waals surface area contributed by atoms with Crippen LogP contribution in [0.1, 0.15) is 11.1 Å². The van der Waals surface area contributed by atoms with Gasteiger partial charge in [-0.25, -0.2) is 17.8 Å². The molecule has 0 fully saturated rings. The highest BCUT2D eigenvalue weighted by Crippen LogP contribution is 2.17. The number of nitrogens with one attached hydrogen (secondary N) is 2. The fourth-order valence-electron chi connectivity index (χ4n) is 2.28. The third-order valence-electron chi connectivity index (χ3n) is 3.74. The fourth-order valence-corrected chi connectivity index (χ4v) is 3.29. The minimum absolute atomic E-state index is 0.184. The van der Waals surface area contributed by atoms with Crippen molar-refractivity contribution in [3.05, 3.63) is 83.8 Å². The smallest absolute Gasteiger partial charge is 0.263 e. The molecule has 0 atom stereocenters. The fraction of sp³-hybridized carbons (Fsp3) is 0.105. The summed E-state index contributed by atoms with van der Waals surface area (Å²) in [7, 11) is -3.67. The second-order valence-corrected chi connectivity index (χ2v) is 7.51. The van der Waals surface area contributed by atoms with Crippen LogP contribution in [-0.2, 0) is 16.6 Å². The molecular weight excluding hydrogens is 353 g/mol. The Balaban J connectivity index is 1.63. The maximum absolute atomic E-state index is 12.9. The van der Waals surface area contributed by atoms with Gasteiger partial charge in [-0.1, -0.05) is 29.8 Å². The first-order chi connectivity index (χ1) is 12.4. The molecule has 0 radical (unpaired) electrons. The van der Waals surface area contributed by atoms with Crippen LogP contribution in [0.3, 0.4) is 0 Å². The van der Waals surface area contributed by atoms with Crippen molar-refractivity contribution in [2.75, 3.05) is 10.0 Å². The van der Waals surface area contributed by atoms with Crippen LogP contribution in [0.4, 0.5) is 15.9 Å². The summed E-state index contributed by atoms with van der Waals surface area (Å²) in [4.78, 5) is 4.30. The zero-order chi connectivity index (χ0) is 18.6. The second kappa shape index (κ2) is 7.53. The molecule has 3 rings (SSSR count). The number of aromatic nitrogens is 1. The van der Waals surface area contributed by atoms with Crippen molar-refractivity contribution >= 4 is 21.5 Å². The van der Waals surface area contributed by atoms with E-state index in [4.69, 9.17) is 0 Å². The highest BCUT2D eigenvalue weighted by atomic mass is 32.2. The van der Waals surface area contributed by atoms with E-state index < -0.39 is 10.0 Å². The zero-order valence-electron chi connectivity index (χ0n) is 14.1. The Morgan fingerprint density at radius 3 is 2.27 bits per heavy atom. The van der Waals surface area contributed by atoms with Gasteiger partial charge in [-0.15, -0.1) is 0 Å². The lowest BCUT2D eigenvalue weighted by atomic mass is 10.2. The van der Waals surface area contributed by atoms with Gasteiger partial charge in [0.2, 0.25) is 0 Å². The molecule has 0 spiro atoms. The molecular formula is C19H18FN3O2S. The maximum Gasteiger partial charge on any atom is 0.263 e. The van der Waals surface area contributed by atoms with Crippen LogP contribution in [0, 0.1) is 12.7 Å². The molecule has 0 bridgehead atoms. The van der Waals surface area contributed by atoms with E-state index >= 15 is 0 Å². The van der Waals surface area contributed by atoms with Crippen molar-refractivity contribution in [3.63, 3.8) is 0 Å². The van der Waals surface area contributed by atoms with Crippen LogP contribution in [0.2, 0.25) is 0 Å². The van der Waals surface area contributed by atoms with Gasteiger partial charge in [0.25, 0.3) is 10.0 Å². The van der Waals surface area contributed by atoms with Gasteiger partial charge in [0.15, 0.2) is 0 Å². The van der Waals surface area contributed by atoms with E-state index in [0.29, 0.717) is 6.54 Å². The number of pyridine rings is 1. The van der Waals surface area contributed by atoms with E-state index in [0.717, 1.165) is 16.8 Å². The summed E-state index contributed by atoms with van der Waals surface area (Å²) < 4.78 is 40.0. The van der Waals surface area contributed by atoms with Crippen LogP contribution in [0.15, 0.2) is 71.8 Å². The number of sulfonamides is 1. The first kappa shape index (κ1) is 17.9. The molecule has 0 aliphatic heterocycles. The Hall–Kier alpha value is -2.93. The number of nitrogens with zero attached hydrogens (tertiary/aromatic N) is 1. The van der Waals surface area contributed by atoms with Crippen molar-refractivity contribution in [1.29, 1.82) is 0 Å². The average Bonchev–Trinajstić information content (AvgIpc) is 2.62. The average molecular weight is 371 g/mol. The SMILES string of the molecule is Cc1ccc(S(=O)(=O)Nc2ccc(NCc3ccc(F)cc3)cn2)cc1. The highest BCUT2D eigenvalue weighted by molar-refractivity contribution is 7.92. The quantitative estimate of drug-likeness (QED) is 0.688. The number of rotatable bonds is 6. The first-order valence-corrected chi connectivity index (χ1v) is 9.44. The van der Waals surface area contributed by atoms with Crippen molar-refractivity contribution in [3.8, 4) is 0 Å². The Kier molecular flexibility index (Phi) is 5.18. The summed E-state index contributed by atoms with van der Waals surface area (Å²) in [5.41, 5.74) is 2.64. The number of hydrogen-bond acceptors (Lipinski definition) is 4. The van der Waals surface area contributed by atoms with Crippen LogP contribution >= 0.6 is 0 Å². The number of hydrogen-bond donors (Lipinski definition) is 2. The van der Waals surface area contributed by atoms with Crippen molar-refractivity contribution in [2.24, 2.45) is 0 Å². The molecule has 2 aromatic carbocycles. The summed E-state index contributed by atoms with van der Waals surface area (Å²) >= 11 is 0. The van der Waals surface area contributed by atoms with Gasteiger partial charge >= 0.3 is 0 Å². The van der Waals surface area contributed by atoms with E-state index in [2.05, 4.69) is 15.0 Å². The van der Waals surface area contributed by atoms with Gasteiger partial charge in [0.1, 0.15) is 11.6 Å². The van der Waals surface area contributed by atoms with Crippen LogP contribution in [-0.4, -0.2) is 13.4 Å². The molecule has 0 saturated carbocycles. The predicted octanol–water partition coefficient (Wildman–Crippen LogP) is 3.94. The minimum atomic E-state index is -3.67. The van der Waals surface area contributed by atoms with Gasteiger partial charge in [-0.3, -0.25) is 4.72 Å². The Bertz CT molecular complexity index is 971. The first-order valence-electron chi connectivity index (χ1n) is 7.96. The van der Waals surface area contributed by atoms with Gasteiger partial charge in [0.05, 0.1) is 16.8 Å². The Morgan fingerprint density at radius 1 is 0.962 bits per heavy atom. The number of benzene rings is 2. The lowest BCUT2D eigenvalue weighted by molar-refractivity contribution is 0.601. The number of anilines is 2. The lowest BCUT2D eigenvalue weighted by Gasteiger charge is -2.09. The largest absolute Gasteiger partial charge is 0.380 e. The summed E-state index contributed by atoms with van der Waals surface area (Å²) in [6.07, 6.45) is 1.54. The molecule has 134 valence electrons. The van der Waals surface area contributed by atoms with Gasteiger partial charge in [-0.2, -0.15) is 0 Å². The van der Waals surface area contributed by atoms with Crippen LogP contribution in [0.25, 0.3) is 0 Å². The lowest BCUT2D eigenvalue weighted by Crippen LogP contribution is -2.14. The van der Waals surface area contributed by atoms with E-state index in [1.165, 1.54) is 18.3 Å². The third-order valence-corrected chi connectivity index (χ3v) is 5.11. The minimum Gasteiger partial charge on any atom is -0.380 e. The molecule has 1 heterocycles. The molecule has 0 aliphatic carbocycles. The van der Waals surface area contributed by atoms with Crippen LogP contribution < -0.4 is 10.0 Å². The molecule has 7 heteroatoms. The predicted molar refractivity (Wildman–Crippen MR) is 100.0 cm³/mol. The van der Waals surface area contributed by atoms with Gasteiger partial charge in [0, 0.05) is 6.54 Å². The molecule has 0 unspecified atom stereocenters. The molecule has 0 amide bonds. The Morgan fingerprint density at radius 2 is 1.65 bits per heavy atom. The van der Waals surface area contributed by atoms with E-state index in [-0.39, 0.29) is 16.5 Å². The molecule has 2 N–H and O–H groups in total. The topological polar surface area (TPSA) is 71.1 Å². The molecule has 0 aliphatic rings. The summed E-state index contributed by atoms with van der Waals surface area (Å²) in [6, 6.07) is 16.1. The van der Waals surface area contributed by atoms with Crippen molar-refractivity contribution in [2.45, 2.75) is 18.4 Å². The van der Waals surface area contributed by atoms with Crippen LogP contribution in [0.5, 0.6) is 0 Å². The normalized spacial score (nSPS) is 11.2. The highest BCUT2D eigenvalue weighted by Gasteiger charge is 2.14. The van der Waals surface area contributed by atoms with Crippen molar-refractivity contribution < 1.29 is 12.8 Å². The molecule has 0 saturated heterocycles. The molecule has 1 aromatic heterocycles. The number of aryl methyl sites for hydroxylation is 1. The maximum atomic E-state index is 12.9. The monoisotopic (exact) mass is 371 g/mol. The van der Waals surface area contributed by atoms with Gasteiger partial charge < -0.3 is 5.32 Å². The van der Waals surface area contributed by atoms with E-state index in [1.807, 2.05) is 6.92 Å². The zero-order valence-corrected chi connectivity index (χ0v) is 14.9. The van der Waals surface area contributed by atoms with E-state index in [9.17, 15) is 12.8 Å². The number of halogens is 1. The Labute approximate surface area is 152 Å². The van der Waals surface area contributed by atoms with Gasteiger partial charge in [-0.05, 0) is 48.9 Å².